The molecule has 1 aromatic heterocycles. The molecule has 0 aliphatic rings. The molecule has 0 saturated carbocycles. The average Bonchev–Trinajstić information content (AvgIpc) is 2.43. The van der Waals surface area contributed by atoms with Gasteiger partial charge in [0.1, 0.15) is 5.82 Å². The highest BCUT2D eigenvalue weighted by molar-refractivity contribution is 6.18. The fourth-order valence-corrected chi connectivity index (χ4v) is 1.66. The molecule has 1 heterocycles. The molecule has 0 atom stereocenters. The number of anilines is 1. The highest BCUT2D eigenvalue weighted by Crippen LogP contribution is 2.19. The van der Waals surface area contributed by atoms with Crippen LogP contribution in [0.25, 0.3) is 11.0 Å². The fourth-order valence-electron chi connectivity index (χ4n) is 1.51. The number of fused-ring (bicyclic) bond motifs is 1. The van der Waals surface area contributed by atoms with Crippen LogP contribution in [0.15, 0.2) is 18.2 Å². The Hall–Kier alpha value is -1.22. The number of aryl methyl sites for hydroxylation is 2. The lowest BCUT2D eigenvalue weighted by atomic mass is 10.3. The number of hydrogen-bond acceptors (Lipinski definition) is 2. The van der Waals surface area contributed by atoms with Crippen molar-refractivity contribution < 1.29 is 0 Å². The fraction of sp³-hybridized carbons (Fsp3) is 0.300. The minimum Gasteiger partial charge on any atom is -0.372 e. The predicted molar refractivity (Wildman–Crippen MR) is 59.8 cm³/mol. The van der Waals surface area contributed by atoms with E-state index in [1.165, 1.54) is 0 Å². The van der Waals surface area contributed by atoms with Crippen LogP contribution in [0.4, 0.5) is 5.69 Å². The van der Waals surface area contributed by atoms with E-state index < -0.39 is 0 Å². The quantitative estimate of drug-likeness (QED) is 0.609. The molecule has 0 bridgehead atoms. The van der Waals surface area contributed by atoms with Gasteiger partial charge >= 0.3 is 0 Å². The zero-order chi connectivity index (χ0) is 10.1. The van der Waals surface area contributed by atoms with Gasteiger partial charge in [0.25, 0.3) is 0 Å². The van der Waals surface area contributed by atoms with Gasteiger partial charge in [0.05, 0.1) is 17.0 Å². The van der Waals surface area contributed by atoms with E-state index in [0.29, 0.717) is 6.00 Å². The molecular formula is C10H12ClN3. The molecular weight excluding hydrogens is 198 g/mol. The highest BCUT2D eigenvalue weighted by Gasteiger charge is 2.03. The molecule has 2 aromatic rings. The molecule has 0 amide bonds. The molecule has 0 saturated heterocycles. The smallest absolute Gasteiger partial charge is 0.106 e. The van der Waals surface area contributed by atoms with Crippen LogP contribution in [-0.4, -0.2) is 15.6 Å². The standard InChI is InChI=1S/C10H12ClN3/c1-7-13-9-5-8(12-6-11)3-4-10(9)14(7)2/h3-5,12H,6H2,1-2H3. The Morgan fingerprint density at radius 2 is 2.29 bits per heavy atom. The Balaban J connectivity index is 2.56. The first kappa shape index (κ1) is 9.34. The highest BCUT2D eigenvalue weighted by atomic mass is 35.5. The molecule has 1 N–H and O–H groups in total. The molecule has 0 unspecified atom stereocenters. The van der Waals surface area contributed by atoms with Crippen molar-refractivity contribution in [2.24, 2.45) is 7.05 Å². The molecule has 0 radical (unpaired) electrons. The van der Waals surface area contributed by atoms with E-state index in [-0.39, 0.29) is 0 Å². The summed E-state index contributed by atoms with van der Waals surface area (Å²) in [6.07, 6.45) is 0. The minimum absolute atomic E-state index is 0.414. The summed E-state index contributed by atoms with van der Waals surface area (Å²) in [4.78, 5) is 4.44. The van der Waals surface area contributed by atoms with Crippen molar-refractivity contribution in [1.82, 2.24) is 9.55 Å². The number of imidazole rings is 1. The van der Waals surface area contributed by atoms with Crippen molar-refractivity contribution in [2.75, 3.05) is 11.3 Å². The van der Waals surface area contributed by atoms with Crippen molar-refractivity contribution in [3.05, 3.63) is 24.0 Å². The number of alkyl halides is 1. The maximum absolute atomic E-state index is 5.59. The number of nitrogens with zero attached hydrogens (tertiary/aromatic N) is 2. The van der Waals surface area contributed by atoms with Gasteiger partial charge in [0.2, 0.25) is 0 Å². The molecule has 0 fully saturated rings. The van der Waals surface area contributed by atoms with E-state index in [2.05, 4.69) is 14.9 Å². The molecule has 74 valence electrons. The van der Waals surface area contributed by atoms with Gasteiger partial charge in [0, 0.05) is 12.7 Å². The molecule has 2 rings (SSSR count). The van der Waals surface area contributed by atoms with Crippen molar-refractivity contribution in [3.63, 3.8) is 0 Å². The second kappa shape index (κ2) is 3.50. The van der Waals surface area contributed by atoms with Gasteiger partial charge in [-0.25, -0.2) is 4.98 Å². The number of benzene rings is 1. The largest absolute Gasteiger partial charge is 0.372 e. The molecule has 3 nitrogen and oxygen atoms in total. The number of rotatable bonds is 2. The van der Waals surface area contributed by atoms with Crippen LogP contribution < -0.4 is 5.32 Å². The second-order valence-electron chi connectivity index (χ2n) is 3.23. The predicted octanol–water partition coefficient (Wildman–Crippen LogP) is 2.49. The summed E-state index contributed by atoms with van der Waals surface area (Å²) >= 11 is 5.59. The van der Waals surface area contributed by atoms with E-state index >= 15 is 0 Å². The molecule has 0 aliphatic heterocycles. The monoisotopic (exact) mass is 209 g/mol. The Morgan fingerprint density at radius 3 is 3.00 bits per heavy atom. The normalized spacial score (nSPS) is 10.8. The zero-order valence-corrected chi connectivity index (χ0v) is 8.97. The van der Waals surface area contributed by atoms with E-state index in [1.54, 1.807) is 0 Å². The second-order valence-corrected chi connectivity index (χ2v) is 3.50. The third-order valence-electron chi connectivity index (χ3n) is 2.38. The van der Waals surface area contributed by atoms with E-state index in [1.807, 2.05) is 32.2 Å². The lowest BCUT2D eigenvalue weighted by Crippen LogP contribution is -1.94. The van der Waals surface area contributed by atoms with Gasteiger partial charge in [-0.3, -0.25) is 0 Å². The summed E-state index contributed by atoms with van der Waals surface area (Å²) in [5, 5.41) is 3.04. The van der Waals surface area contributed by atoms with Crippen molar-refractivity contribution >= 4 is 28.3 Å². The zero-order valence-electron chi connectivity index (χ0n) is 8.21. The maximum atomic E-state index is 5.59. The summed E-state index contributed by atoms with van der Waals surface area (Å²) in [6.45, 7) is 1.99. The van der Waals surface area contributed by atoms with Gasteiger partial charge in [0.15, 0.2) is 0 Å². The molecule has 14 heavy (non-hydrogen) atoms. The summed E-state index contributed by atoms with van der Waals surface area (Å²) in [6, 6.07) is 6.47. The Labute approximate surface area is 87.7 Å². The number of nitrogens with one attached hydrogen (secondary N) is 1. The topological polar surface area (TPSA) is 29.9 Å². The molecule has 0 spiro atoms. The van der Waals surface area contributed by atoms with Gasteiger partial charge in [-0.2, -0.15) is 0 Å². The third kappa shape index (κ3) is 1.44. The van der Waals surface area contributed by atoms with Crippen LogP contribution in [0, 0.1) is 6.92 Å². The number of halogens is 1. The first-order chi connectivity index (χ1) is 6.72. The summed E-state index contributed by atoms with van der Waals surface area (Å²) < 4.78 is 2.07. The van der Waals surface area contributed by atoms with E-state index in [4.69, 9.17) is 11.6 Å². The van der Waals surface area contributed by atoms with Crippen LogP contribution >= 0.6 is 11.6 Å². The summed E-state index contributed by atoms with van der Waals surface area (Å²) in [5.41, 5.74) is 3.15. The van der Waals surface area contributed by atoms with Crippen LogP contribution in [0.3, 0.4) is 0 Å². The van der Waals surface area contributed by atoms with Gasteiger partial charge in [-0.05, 0) is 25.1 Å². The first-order valence-corrected chi connectivity index (χ1v) is 4.99. The van der Waals surface area contributed by atoms with Gasteiger partial charge in [-0.1, -0.05) is 0 Å². The Morgan fingerprint density at radius 1 is 1.50 bits per heavy atom. The van der Waals surface area contributed by atoms with Crippen molar-refractivity contribution in [2.45, 2.75) is 6.92 Å². The Kier molecular flexibility index (Phi) is 2.33. The summed E-state index contributed by atoms with van der Waals surface area (Å²) in [5.74, 6) is 1.02. The van der Waals surface area contributed by atoms with E-state index in [9.17, 15) is 0 Å². The van der Waals surface area contributed by atoms with Crippen molar-refractivity contribution in [3.8, 4) is 0 Å². The number of aromatic nitrogens is 2. The summed E-state index contributed by atoms with van der Waals surface area (Å²) in [7, 11) is 2.01. The van der Waals surface area contributed by atoms with Crippen LogP contribution in [-0.2, 0) is 7.05 Å². The Bertz CT molecular complexity index is 462. The lowest BCUT2D eigenvalue weighted by molar-refractivity contribution is 0.886. The molecule has 1 aromatic carbocycles. The van der Waals surface area contributed by atoms with E-state index in [0.717, 1.165) is 22.5 Å². The maximum Gasteiger partial charge on any atom is 0.106 e. The van der Waals surface area contributed by atoms with Gasteiger partial charge in [-0.15, -0.1) is 11.6 Å². The minimum atomic E-state index is 0.414. The van der Waals surface area contributed by atoms with Crippen molar-refractivity contribution in [1.29, 1.82) is 0 Å². The lowest BCUT2D eigenvalue weighted by Gasteiger charge is -2.01. The molecule has 4 heteroatoms. The first-order valence-electron chi connectivity index (χ1n) is 4.45. The SMILES string of the molecule is Cc1nc2cc(NCCl)ccc2n1C. The van der Waals surface area contributed by atoms with Crippen LogP contribution in [0.5, 0.6) is 0 Å². The van der Waals surface area contributed by atoms with Crippen LogP contribution in [0.1, 0.15) is 5.82 Å². The average molecular weight is 210 g/mol. The van der Waals surface area contributed by atoms with Crippen LogP contribution in [0.2, 0.25) is 0 Å². The molecule has 0 aliphatic carbocycles. The number of hydrogen-bond donors (Lipinski definition) is 1. The third-order valence-corrected chi connectivity index (χ3v) is 2.51. The van der Waals surface area contributed by atoms with Gasteiger partial charge < -0.3 is 9.88 Å².